The average molecular weight is 236 g/mol. The van der Waals surface area contributed by atoms with E-state index in [1.54, 1.807) is 6.07 Å². The Bertz CT molecular complexity index is 355. The van der Waals surface area contributed by atoms with Crippen LogP contribution in [-0.2, 0) is 5.60 Å². The molecule has 0 fully saturated rings. The van der Waals surface area contributed by atoms with Gasteiger partial charge in [0.15, 0.2) is 5.60 Å². The third-order valence-electron chi connectivity index (χ3n) is 2.36. The van der Waals surface area contributed by atoms with Crippen molar-refractivity contribution in [3.05, 3.63) is 34.9 Å². The van der Waals surface area contributed by atoms with E-state index in [4.69, 9.17) is 17.3 Å². The summed E-state index contributed by atoms with van der Waals surface area (Å²) in [6.45, 7) is 0.0953. The van der Waals surface area contributed by atoms with Gasteiger partial charge in [0, 0.05) is 5.02 Å². The highest BCUT2D eigenvalue weighted by atomic mass is 35.5. The molecule has 1 unspecified atom stereocenters. The van der Waals surface area contributed by atoms with Crippen LogP contribution in [0.1, 0.15) is 12.5 Å². The molecule has 1 aromatic rings. The summed E-state index contributed by atoms with van der Waals surface area (Å²) in [6, 6.07) is 5.72. The minimum atomic E-state index is -3.39. The zero-order chi connectivity index (χ0) is 11.7. The van der Waals surface area contributed by atoms with Crippen molar-refractivity contribution in [2.24, 2.45) is 5.73 Å². The third-order valence-corrected chi connectivity index (χ3v) is 2.59. The van der Waals surface area contributed by atoms with E-state index in [0.717, 1.165) is 6.92 Å². The Kier molecular flexibility index (Phi) is 3.33. The first-order valence-electron chi connectivity index (χ1n) is 4.37. The van der Waals surface area contributed by atoms with Gasteiger partial charge in [-0.3, -0.25) is 0 Å². The van der Waals surface area contributed by atoms with Crippen LogP contribution in [-0.4, -0.2) is 17.6 Å². The van der Waals surface area contributed by atoms with Crippen molar-refractivity contribution in [2.45, 2.75) is 18.4 Å². The molecule has 5 heteroatoms. The summed E-state index contributed by atoms with van der Waals surface area (Å²) < 4.78 is 26.7. The van der Waals surface area contributed by atoms with Crippen molar-refractivity contribution in [1.29, 1.82) is 0 Å². The van der Waals surface area contributed by atoms with E-state index in [0.29, 0.717) is 5.02 Å². The molecule has 2 nitrogen and oxygen atoms in total. The third kappa shape index (κ3) is 2.27. The van der Waals surface area contributed by atoms with Gasteiger partial charge in [-0.05, 0) is 24.6 Å². The molecule has 0 saturated carbocycles. The lowest BCUT2D eigenvalue weighted by molar-refractivity contribution is -0.170. The Balaban J connectivity index is 3.16. The van der Waals surface area contributed by atoms with Crippen LogP contribution in [0.5, 0.6) is 0 Å². The van der Waals surface area contributed by atoms with Crippen LogP contribution in [0.3, 0.4) is 0 Å². The number of hydrogen-bond acceptors (Lipinski definition) is 2. The first-order valence-corrected chi connectivity index (χ1v) is 4.75. The highest BCUT2D eigenvalue weighted by Gasteiger charge is 2.49. The van der Waals surface area contributed by atoms with Crippen LogP contribution in [0.4, 0.5) is 8.78 Å². The Morgan fingerprint density at radius 3 is 2.53 bits per heavy atom. The summed E-state index contributed by atoms with van der Waals surface area (Å²) in [6.07, 6.45) is 0. The van der Waals surface area contributed by atoms with Gasteiger partial charge < -0.3 is 10.8 Å². The van der Waals surface area contributed by atoms with Crippen LogP contribution in [0.2, 0.25) is 5.02 Å². The molecule has 0 amide bonds. The van der Waals surface area contributed by atoms with E-state index in [1.165, 1.54) is 18.2 Å². The number of aliphatic hydroxyl groups is 1. The maximum Gasteiger partial charge on any atom is 0.291 e. The van der Waals surface area contributed by atoms with Gasteiger partial charge in [-0.2, -0.15) is 0 Å². The molecule has 84 valence electrons. The van der Waals surface area contributed by atoms with Gasteiger partial charge >= 0.3 is 0 Å². The van der Waals surface area contributed by atoms with Gasteiger partial charge in [0.2, 0.25) is 0 Å². The summed E-state index contributed by atoms with van der Waals surface area (Å²) in [7, 11) is 0. The van der Waals surface area contributed by atoms with Gasteiger partial charge in [0.25, 0.3) is 5.92 Å². The molecule has 3 N–H and O–H groups in total. The Morgan fingerprint density at radius 1 is 1.47 bits per heavy atom. The van der Waals surface area contributed by atoms with Crippen molar-refractivity contribution in [1.82, 2.24) is 0 Å². The minimum absolute atomic E-state index is 0.0467. The van der Waals surface area contributed by atoms with Gasteiger partial charge in [0.05, 0.1) is 6.54 Å². The second-order valence-corrected chi connectivity index (χ2v) is 3.93. The lowest BCUT2D eigenvalue weighted by Gasteiger charge is -2.32. The largest absolute Gasteiger partial charge is 0.379 e. The summed E-state index contributed by atoms with van der Waals surface area (Å²) >= 11 is 5.66. The molecule has 0 bridgehead atoms. The van der Waals surface area contributed by atoms with Crippen molar-refractivity contribution < 1.29 is 13.9 Å². The number of halogens is 3. The van der Waals surface area contributed by atoms with Crippen molar-refractivity contribution in [2.75, 3.05) is 6.54 Å². The van der Waals surface area contributed by atoms with Gasteiger partial charge in [0.1, 0.15) is 0 Å². The number of nitrogens with two attached hydrogens (primary N) is 1. The molecular weight excluding hydrogens is 224 g/mol. The highest BCUT2D eigenvalue weighted by molar-refractivity contribution is 6.30. The van der Waals surface area contributed by atoms with Crippen molar-refractivity contribution in [3.63, 3.8) is 0 Å². The van der Waals surface area contributed by atoms with E-state index in [9.17, 15) is 13.9 Å². The van der Waals surface area contributed by atoms with Gasteiger partial charge in [-0.25, -0.2) is 8.78 Å². The van der Waals surface area contributed by atoms with Crippen LogP contribution < -0.4 is 5.73 Å². The van der Waals surface area contributed by atoms with E-state index in [2.05, 4.69) is 0 Å². The topological polar surface area (TPSA) is 46.2 Å². The maximum atomic E-state index is 13.3. The molecule has 15 heavy (non-hydrogen) atoms. The normalized spacial score (nSPS) is 16.1. The molecule has 1 aromatic carbocycles. The monoisotopic (exact) mass is 235 g/mol. The second-order valence-electron chi connectivity index (χ2n) is 3.49. The summed E-state index contributed by atoms with van der Waals surface area (Å²) in [5.74, 6) is -3.39. The Hall–Kier alpha value is -0.710. The number of alkyl halides is 2. The van der Waals surface area contributed by atoms with Crippen molar-refractivity contribution in [3.8, 4) is 0 Å². The lowest BCUT2D eigenvalue weighted by Crippen LogP contribution is -2.48. The standard InChI is InChI=1S/C10H12ClF2NO/c1-9(15,10(12,13)6-14)7-3-2-4-8(11)5-7/h2-5,15H,6,14H2,1H3. The van der Waals surface area contributed by atoms with E-state index in [-0.39, 0.29) is 5.56 Å². The summed E-state index contributed by atoms with van der Waals surface area (Å²) in [4.78, 5) is 0. The summed E-state index contributed by atoms with van der Waals surface area (Å²) in [5, 5.41) is 10.0. The first-order chi connectivity index (χ1) is 6.81. The SMILES string of the molecule is CC(O)(c1cccc(Cl)c1)C(F)(F)CN. The Morgan fingerprint density at radius 2 is 2.07 bits per heavy atom. The fraction of sp³-hybridized carbons (Fsp3) is 0.400. The van der Waals surface area contributed by atoms with Crippen LogP contribution >= 0.6 is 11.6 Å². The average Bonchev–Trinajstić information content (AvgIpc) is 2.17. The zero-order valence-corrected chi connectivity index (χ0v) is 8.93. The number of hydrogen-bond donors (Lipinski definition) is 2. The molecule has 0 saturated heterocycles. The molecule has 0 aliphatic carbocycles. The fourth-order valence-corrected chi connectivity index (χ4v) is 1.39. The van der Waals surface area contributed by atoms with Crippen LogP contribution in [0, 0.1) is 0 Å². The molecule has 0 heterocycles. The number of rotatable bonds is 3. The molecule has 0 aliphatic heterocycles. The molecular formula is C10H12ClF2NO. The lowest BCUT2D eigenvalue weighted by atomic mass is 9.89. The molecule has 1 atom stereocenters. The van der Waals surface area contributed by atoms with Crippen molar-refractivity contribution >= 4 is 11.6 Å². The second kappa shape index (κ2) is 4.04. The molecule has 0 radical (unpaired) electrons. The van der Waals surface area contributed by atoms with Gasteiger partial charge in [-0.1, -0.05) is 23.7 Å². The maximum absolute atomic E-state index is 13.3. The predicted molar refractivity (Wildman–Crippen MR) is 55.0 cm³/mol. The molecule has 0 spiro atoms. The van der Waals surface area contributed by atoms with E-state index in [1.807, 2.05) is 0 Å². The molecule has 0 aromatic heterocycles. The first kappa shape index (κ1) is 12.4. The van der Waals surface area contributed by atoms with E-state index < -0.39 is 18.1 Å². The number of benzene rings is 1. The minimum Gasteiger partial charge on any atom is -0.379 e. The smallest absolute Gasteiger partial charge is 0.291 e. The quantitative estimate of drug-likeness (QED) is 0.843. The van der Waals surface area contributed by atoms with Crippen LogP contribution in [0.15, 0.2) is 24.3 Å². The van der Waals surface area contributed by atoms with Crippen LogP contribution in [0.25, 0.3) is 0 Å². The molecule has 1 rings (SSSR count). The van der Waals surface area contributed by atoms with Gasteiger partial charge in [-0.15, -0.1) is 0 Å². The summed E-state index contributed by atoms with van der Waals surface area (Å²) in [5.41, 5.74) is 2.66. The molecule has 0 aliphatic rings. The zero-order valence-electron chi connectivity index (χ0n) is 8.17. The van der Waals surface area contributed by atoms with E-state index >= 15 is 0 Å². The predicted octanol–water partition coefficient (Wildman–Crippen LogP) is 2.14. The Labute approximate surface area is 91.7 Å². The fourth-order valence-electron chi connectivity index (χ4n) is 1.20. The highest BCUT2D eigenvalue weighted by Crippen LogP contribution is 2.37.